The van der Waals surface area contributed by atoms with Gasteiger partial charge in [-0.3, -0.25) is 9.59 Å². The van der Waals surface area contributed by atoms with E-state index in [1.807, 2.05) is 0 Å². The van der Waals surface area contributed by atoms with Crippen LogP contribution in [-0.4, -0.2) is 66.0 Å². The monoisotopic (exact) mass is 318 g/mol. The lowest BCUT2D eigenvalue weighted by Gasteiger charge is -2.33. The normalized spacial score (nSPS) is 23.8. The molecule has 0 aromatic rings. The lowest BCUT2D eigenvalue weighted by Crippen LogP contribution is -2.48. The van der Waals surface area contributed by atoms with Gasteiger partial charge in [-0.15, -0.1) is 0 Å². The molecule has 1 N–H and O–H groups in total. The highest BCUT2D eigenvalue weighted by atomic mass is 32.2. The largest absolute Gasteiger partial charge is 0.480 e. The Balaban J connectivity index is 2.05. The van der Waals surface area contributed by atoms with E-state index >= 15 is 0 Å². The maximum atomic E-state index is 12.5. The van der Waals surface area contributed by atoms with E-state index in [9.17, 15) is 18.0 Å². The number of hydrogen-bond donors (Lipinski definition) is 1. The second-order valence-electron chi connectivity index (χ2n) is 5.69. The van der Waals surface area contributed by atoms with Gasteiger partial charge >= 0.3 is 5.97 Å². The van der Waals surface area contributed by atoms with E-state index in [1.54, 1.807) is 6.92 Å². The Bertz CT molecular complexity index is 515. The zero-order valence-electron chi connectivity index (χ0n) is 12.2. The van der Waals surface area contributed by atoms with Crippen LogP contribution in [0.15, 0.2) is 0 Å². The first-order valence-electron chi connectivity index (χ1n) is 7.35. The molecule has 1 saturated carbocycles. The average molecular weight is 318 g/mol. The zero-order valence-corrected chi connectivity index (χ0v) is 13.0. The number of carboxylic acids is 1. The van der Waals surface area contributed by atoms with Gasteiger partial charge in [-0.2, -0.15) is 0 Å². The van der Waals surface area contributed by atoms with Crippen molar-refractivity contribution in [1.82, 2.24) is 9.21 Å². The summed E-state index contributed by atoms with van der Waals surface area (Å²) in [5, 5.41) is 8.93. The first kappa shape index (κ1) is 16.2. The maximum absolute atomic E-state index is 12.5. The van der Waals surface area contributed by atoms with Crippen LogP contribution in [0.5, 0.6) is 0 Å². The van der Waals surface area contributed by atoms with Gasteiger partial charge < -0.3 is 10.0 Å². The van der Waals surface area contributed by atoms with Crippen LogP contribution in [0.1, 0.15) is 32.6 Å². The van der Waals surface area contributed by atoms with Crippen LogP contribution < -0.4 is 0 Å². The molecule has 1 aliphatic heterocycles. The summed E-state index contributed by atoms with van der Waals surface area (Å²) in [5.74, 6) is -1.63. The third-order valence-electron chi connectivity index (χ3n) is 4.07. The van der Waals surface area contributed by atoms with Crippen molar-refractivity contribution in [2.24, 2.45) is 5.92 Å². The molecular formula is C13H22N2O5S. The van der Waals surface area contributed by atoms with Gasteiger partial charge in [0.25, 0.3) is 0 Å². The zero-order chi connectivity index (χ0) is 15.6. The Morgan fingerprint density at radius 3 is 2.48 bits per heavy atom. The van der Waals surface area contributed by atoms with Crippen LogP contribution >= 0.6 is 0 Å². The SMILES string of the molecule is CCS(=O)(=O)N1CCCC(C(=O)N(CC(=O)O)C2CC2)C1. The summed E-state index contributed by atoms with van der Waals surface area (Å²) in [6.45, 7) is 1.92. The number of carboxylic acid groups (broad SMARTS) is 1. The number of rotatable bonds is 6. The van der Waals surface area contributed by atoms with Crippen molar-refractivity contribution in [1.29, 1.82) is 0 Å². The minimum absolute atomic E-state index is 0.0201. The smallest absolute Gasteiger partial charge is 0.323 e. The summed E-state index contributed by atoms with van der Waals surface area (Å²) in [6, 6.07) is 0.0201. The molecule has 21 heavy (non-hydrogen) atoms. The van der Waals surface area contributed by atoms with E-state index in [1.165, 1.54) is 9.21 Å². The summed E-state index contributed by atoms with van der Waals surface area (Å²) >= 11 is 0. The Labute approximate surface area is 125 Å². The Hall–Kier alpha value is -1.15. The second-order valence-corrected chi connectivity index (χ2v) is 7.95. The van der Waals surface area contributed by atoms with Gasteiger partial charge in [0.15, 0.2) is 0 Å². The first-order valence-corrected chi connectivity index (χ1v) is 8.96. The number of carbonyl (C=O) groups excluding carboxylic acids is 1. The summed E-state index contributed by atoms with van der Waals surface area (Å²) in [7, 11) is -3.29. The van der Waals surface area contributed by atoms with Gasteiger partial charge in [0.2, 0.25) is 15.9 Å². The lowest BCUT2D eigenvalue weighted by atomic mass is 9.98. The average Bonchev–Trinajstić information content (AvgIpc) is 3.28. The highest BCUT2D eigenvalue weighted by Gasteiger charge is 2.39. The molecular weight excluding hydrogens is 296 g/mol. The number of carbonyl (C=O) groups is 2. The molecule has 1 amide bonds. The molecule has 0 spiro atoms. The van der Waals surface area contributed by atoms with Crippen molar-refractivity contribution in [3.63, 3.8) is 0 Å². The molecule has 1 unspecified atom stereocenters. The molecule has 2 rings (SSSR count). The third-order valence-corrected chi connectivity index (χ3v) is 5.92. The van der Waals surface area contributed by atoms with E-state index in [2.05, 4.69) is 0 Å². The topological polar surface area (TPSA) is 95.0 Å². The predicted octanol–water partition coefficient (Wildman–Crippen LogP) is 0.124. The van der Waals surface area contributed by atoms with Crippen molar-refractivity contribution in [3.05, 3.63) is 0 Å². The number of sulfonamides is 1. The molecule has 0 aromatic carbocycles. The van der Waals surface area contributed by atoms with E-state index < -0.39 is 21.9 Å². The molecule has 1 saturated heterocycles. The molecule has 1 aliphatic carbocycles. The summed E-state index contributed by atoms with van der Waals surface area (Å²) in [5.41, 5.74) is 0. The number of aliphatic carboxylic acids is 1. The molecule has 2 fully saturated rings. The summed E-state index contributed by atoms with van der Waals surface area (Å²) in [4.78, 5) is 24.8. The Morgan fingerprint density at radius 2 is 1.95 bits per heavy atom. The van der Waals surface area contributed by atoms with Crippen molar-refractivity contribution < 1.29 is 23.1 Å². The molecule has 7 nitrogen and oxygen atoms in total. The number of hydrogen-bond acceptors (Lipinski definition) is 4. The van der Waals surface area contributed by atoms with Crippen LogP contribution in [0.4, 0.5) is 0 Å². The highest BCUT2D eigenvalue weighted by molar-refractivity contribution is 7.89. The van der Waals surface area contributed by atoms with Gasteiger partial charge in [0, 0.05) is 19.1 Å². The molecule has 120 valence electrons. The fraction of sp³-hybridized carbons (Fsp3) is 0.846. The third kappa shape index (κ3) is 3.94. The van der Waals surface area contributed by atoms with Crippen LogP contribution in [0.2, 0.25) is 0 Å². The van der Waals surface area contributed by atoms with Crippen LogP contribution in [0, 0.1) is 5.92 Å². The van der Waals surface area contributed by atoms with Gasteiger partial charge in [-0.1, -0.05) is 0 Å². The van der Waals surface area contributed by atoms with E-state index in [0.717, 1.165) is 12.8 Å². The summed E-state index contributed by atoms with van der Waals surface area (Å²) < 4.78 is 25.2. The van der Waals surface area contributed by atoms with Crippen molar-refractivity contribution >= 4 is 21.9 Å². The van der Waals surface area contributed by atoms with Crippen LogP contribution in [0.25, 0.3) is 0 Å². The van der Waals surface area contributed by atoms with E-state index in [0.29, 0.717) is 19.4 Å². The fourth-order valence-corrected chi connectivity index (χ4v) is 3.91. The van der Waals surface area contributed by atoms with E-state index in [-0.39, 0.29) is 30.8 Å². The lowest BCUT2D eigenvalue weighted by molar-refractivity contribution is -0.147. The number of nitrogens with zero attached hydrogens (tertiary/aromatic N) is 2. The van der Waals surface area contributed by atoms with Gasteiger partial charge in [-0.25, -0.2) is 12.7 Å². The number of amides is 1. The molecule has 1 atom stereocenters. The number of piperidine rings is 1. The molecule has 0 bridgehead atoms. The van der Waals surface area contributed by atoms with E-state index in [4.69, 9.17) is 5.11 Å². The maximum Gasteiger partial charge on any atom is 0.323 e. The minimum Gasteiger partial charge on any atom is -0.480 e. The molecule has 1 heterocycles. The quantitative estimate of drug-likeness (QED) is 0.751. The Morgan fingerprint density at radius 1 is 1.29 bits per heavy atom. The standard InChI is InChI=1S/C13H22N2O5S/c1-2-21(19,20)14-7-3-4-10(8-14)13(18)15(9-12(16)17)11-5-6-11/h10-11H,2-9H2,1H3,(H,16,17). The minimum atomic E-state index is -3.29. The second kappa shape index (κ2) is 6.31. The van der Waals surface area contributed by atoms with Gasteiger partial charge in [0.1, 0.15) is 6.54 Å². The van der Waals surface area contributed by atoms with Crippen LogP contribution in [-0.2, 0) is 19.6 Å². The predicted molar refractivity (Wildman–Crippen MR) is 76.1 cm³/mol. The highest BCUT2D eigenvalue weighted by Crippen LogP contribution is 2.30. The summed E-state index contributed by atoms with van der Waals surface area (Å²) in [6.07, 6.45) is 2.93. The molecule has 2 aliphatic rings. The van der Waals surface area contributed by atoms with Crippen LogP contribution in [0.3, 0.4) is 0 Å². The molecule has 0 radical (unpaired) electrons. The molecule has 8 heteroatoms. The van der Waals surface area contributed by atoms with Crippen molar-refractivity contribution in [3.8, 4) is 0 Å². The first-order chi connectivity index (χ1) is 9.85. The van der Waals surface area contributed by atoms with Gasteiger partial charge in [0.05, 0.1) is 11.7 Å². The Kier molecular flexibility index (Phi) is 4.88. The molecule has 0 aromatic heterocycles. The van der Waals surface area contributed by atoms with Gasteiger partial charge in [-0.05, 0) is 32.6 Å². The fourth-order valence-electron chi connectivity index (χ4n) is 2.73. The van der Waals surface area contributed by atoms with Crippen molar-refractivity contribution in [2.45, 2.75) is 38.6 Å². The van der Waals surface area contributed by atoms with Crippen molar-refractivity contribution in [2.75, 3.05) is 25.4 Å².